The van der Waals surface area contributed by atoms with Gasteiger partial charge in [-0.1, -0.05) is 48.5 Å². The maximum atomic E-state index is 12.8. The van der Waals surface area contributed by atoms with Crippen LogP contribution in [0.25, 0.3) is 10.9 Å². The maximum absolute atomic E-state index is 12.8. The number of rotatable bonds is 7. The highest BCUT2D eigenvalue weighted by Gasteiger charge is 2.24. The lowest BCUT2D eigenvalue weighted by molar-refractivity contribution is -0.121. The zero-order chi connectivity index (χ0) is 20.9. The SMILES string of the molecule is COC(=O)c1cn(CC(=O)NC[C@H](c2ccccc2)N2CCCC2)c2ccccc12. The van der Waals surface area contributed by atoms with Gasteiger partial charge in [-0.25, -0.2) is 4.79 Å². The number of amides is 1. The fourth-order valence-electron chi connectivity index (χ4n) is 4.26. The van der Waals surface area contributed by atoms with E-state index in [0.29, 0.717) is 12.1 Å². The number of aromatic nitrogens is 1. The van der Waals surface area contributed by atoms with Gasteiger partial charge in [-0.2, -0.15) is 0 Å². The van der Waals surface area contributed by atoms with E-state index in [1.54, 1.807) is 6.20 Å². The summed E-state index contributed by atoms with van der Waals surface area (Å²) in [5.74, 6) is -0.476. The van der Waals surface area contributed by atoms with Gasteiger partial charge in [0.05, 0.1) is 18.7 Å². The number of fused-ring (bicyclic) bond motifs is 1. The van der Waals surface area contributed by atoms with Crippen molar-refractivity contribution in [3.63, 3.8) is 0 Å². The molecule has 1 fully saturated rings. The fourth-order valence-corrected chi connectivity index (χ4v) is 4.26. The van der Waals surface area contributed by atoms with Gasteiger partial charge in [0.25, 0.3) is 0 Å². The number of para-hydroxylation sites is 1. The molecule has 0 spiro atoms. The van der Waals surface area contributed by atoms with Crippen molar-refractivity contribution in [2.45, 2.75) is 25.4 Å². The van der Waals surface area contributed by atoms with Gasteiger partial charge >= 0.3 is 5.97 Å². The third-order valence-corrected chi connectivity index (χ3v) is 5.77. The number of nitrogens with zero attached hydrogens (tertiary/aromatic N) is 2. The minimum Gasteiger partial charge on any atom is -0.465 e. The van der Waals surface area contributed by atoms with E-state index in [4.69, 9.17) is 4.74 Å². The normalized spacial score (nSPS) is 15.2. The Bertz CT molecular complexity index is 1020. The number of likely N-dealkylation sites (tertiary alicyclic amines) is 1. The van der Waals surface area contributed by atoms with Gasteiger partial charge in [0.1, 0.15) is 6.54 Å². The topological polar surface area (TPSA) is 63.6 Å². The quantitative estimate of drug-likeness (QED) is 0.612. The second-order valence-electron chi connectivity index (χ2n) is 7.65. The van der Waals surface area contributed by atoms with Crippen LogP contribution in [0, 0.1) is 0 Å². The summed E-state index contributed by atoms with van der Waals surface area (Å²) in [6, 6.07) is 18.1. The molecule has 0 saturated carbocycles. The number of esters is 1. The molecule has 1 atom stereocenters. The first-order chi connectivity index (χ1) is 14.7. The predicted octanol–water partition coefficient (Wildman–Crippen LogP) is 3.38. The van der Waals surface area contributed by atoms with E-state index >= 15 is 0 Å². The zero-order valence-corrected chi connectivity index (χ0v) is 17.2. The van der Waals surface area contributed by atoms with E-state index in [2.05, 4.69) is 22.3 Å². The van der Waals surface area contributed by atoms with Crippen molar-refractivity contribution in [1.29, 1.82) is 0 Å². The molecule has 0 bridgehead atoms. The molecule has 1 aliphatic heterocycles. The molecule has 6 nitrogen and oxygen atoms in total. The Hall–Kier alpha value is -3.12. The highest BCUT2D eigenvalue weighted by molar-refractivity contribution is 6.04. The third-order valence-electron chi connectivity index (χ3n) is 5.77. The molecule has 1 aliphatic rings. The molecule has 1 saturated heterocycles. The summed E-state index contributed by atoms with van der Waals surface area (Å²) >= 11 is 0. The van der Waals surface area contributed by atoms with Gasteiger partial charge < -0.3 is 14.6 Å². The monoisotopic (exact) mass is 405 g/mol. The Balaban J connectivity index is 1.48. The summed E-state index contributed by atoms with van der Waals surface area (Å²) in [4.78, 5) is 27.3. The van der Waals surface area contributed by atoms with Crippen LogP contribution < -0.4 is 5.32 Å². The molecule has 3 aromatic rings. The van der Waals surface area contributed by atoms with E-state index in [1.807, 2.05) is 47.0 Å². The Kier molecular flexibility index (Phi) is 6.14. The number of methoxy groups -OCH3 is 1. The van der Waals surface area contributed by atoms with Crippen LogP contribution in [0.3, 0.4) is 0 Å². The summed E-state index contributed by atoms with van der Waals surface area (Å²) in [6.45, 7) is 2.82. The standard InChI is InChI=1S/C24H27N3O3/c1-30-24(29)20-16-27(21-12-6-5-11-19(20)21)17-23(28)25-15-22(26-13-7-8-14-26)18-9-3-2-4-10-18/h2-6,9-12,16,22H,7-8,13-15,17H2,1H3,(H,25,28)/t22-/m1/s1. The Morgan fingerprint density at radius 2 is 1.73 bits per heavy atom. The average Bonchev–Trinajstić information content (AvgIpc) is 3.43. The number of nitrogens with one attached hydrogen (secondary N) is 1. The summed E-state index contributed by atoms with van der Waals surface area (Å²) < 4.78 is 6.70. The Morgan fingerprint density at radius 3 is 2.47 bits per heavy atom. The summed E-state index contributed by atoms with van der Waals surface area (Å²) in [5, 5.41) is 3.89. The molecular formula is C24H27N3O3. The van der Waals surface area contributed by atoms with Gasteiger partial charge in [0.2, 0.25) is 5.91 Å². The molecule has 0 radical (unpaired) electrons. The van der Waals surface area contributed by atoms with Crippen molar-refractivity contribution in [3.8, 4) is 0 Å². The molecule has 0 aliphatic carbocycles. The third kappa shape index (κ3) is 4.24. The predicted molar refractivity (Wildman–Crippen MR) is 116 cm³/mol. The minimum absolute atomic E-state index is 0.0766. The Labute approximate surface area is 176 Å². The number of hydrogen-bond donors (Lipinski definition) is 1. The average molecular weight is 405 g/mol. The second-order valence-corrected chi connectivity index (χ2v) is 7.65. The largest absolute Gasteiger partial charge is 0.465 e. The van der Waals surface area contributed by atoms with Crippen LogP contribution in [0.5, 0.6) is 0 Å². The van der Waals surface area contributed by atoms with Crippen molar-refractivity contribution in [2.75, 3.05) is 26.7 Å². The number of carbonyl (C=O) groups is 2. The molecular weight excluding hydrogens is 378 g/mol. The summed E-state index contributed by atoms with van der Waals surface area (Å²) in [7, 11) is 1.36. The number of ether oxygens (including phenoxy) is 1. The molecule has 2 heterocycles. The second kappa shape index (κ2) is 9.13. The van der Waals surface area contributed by atoms with Gasteiger partial charge in [0, 0.05) is 23.6 Å². The van der Waals surface area contributed by atoms with Crippen molar-refractivity contribution in [3.05, 3.63) is 71.9 Å². The van der Waals surface area contributed by atoms with E-state index in [-0.39, 0.29) is 18.5 Å². The van der Waals surface area contributed by atoms with Gasteiger partial charge in [0.15, 0.2) is 0 Å². The van der Waals surface area contributed by atoms with Crippen LogP contribution >= 0.6 is 0 Å². The van der Waals surface area contributed by atoms with Crippen LogP contribution in [0.15, 0.2) is 60.8 Å². The van der Waals surface area contributed by atoms with Gasteiger partial charge in [-0.05, 0) is 37.6 Å². The van der Waals surface area contributed by atoms with E-state index < -0.39 is 5.97 Å². The lowest BCUT2D eigenvalue weighted by Crippen LogP contribution is -2.38. The molecule has 6 heteroatoms. The molecule has 30 heavy (non-hydrogen) atoms. The van der Waals surface area contributed by atoms with Gasteiger partial charge in [-0.15, -0.1) is 0 Å². The maximum Gasteiger partial charge on any atom is 0.340 e. The van der Waals surface area contributed by atoms with E-state index in [0.717, 1.165) is 24.0 Å². The number of hydrogen-bond acceptors (Lipinski definition) is 4. The molecule has 2 aromatic carbocycles. The highest BCUT2D eigenvalue weighted by Crippen LogP contribution is 2.25. The number of carbonyl (C=O) groups excluding carboxylic acids is 2. The lowest BCUT2D eigenvalue weighted by atomic mass is 10.1. The smallest absolute Gasteiger partial charge is 0.340 e. The van der Waals surface area contributed by atoms with Crippen LogP contribution in [0.4, 0.5) is 0 Å². The first-order valence-corrected chi connectivity index (χ1v) is 10.4. The molecule has 4 rings (SSSR count). The first kappa shape index (κ1) is 20.2. The molecule has 1 aromatic heterocycles. The summed E-state index contributed by atoms with van der Waals surface area (Å²) in [6.07, 6.45) is 4.09. The van der Waals surface area contributed by atoms with Crippen LogP contribution in [-0.2, 0) is 16.1 Å². The lowest BCUT2D eigenvalue weighted by Gasteiger charge is -2.28. The van der Waals surface area contributed by atoms with Crippen LogP contribution in [-0.4, -0.2) is 48.1 Å². The molecule has 0 unspecified atom stereocenters. The van der Waals surface area contributed by atoms with Crippen molar-refractivity contribution < 1.29 is 14.3 Å². The highest BCUT2D eigenvalue weighted by atomic mass is 16.5. The van der Waals surface area contributed by atoms with Crippen molar-refractivity contribution >= 4 is 22.8 Å². The van der Waals surface area contributed by atoms with Crippen molar-refractivity contribution in [2.24, 2.45) is 0 Å². The summed E-state index contributed by atoms with van der Waals surface area (Å²) in [5.41, 5.74) is 2.53. The Morgan fingerprint density at radius 1 is 1.03 bits per heavy atom. The number of benzene rings is 2. The van der Waals surface area contributed by atoms with Crippen LogP contribution in [0.2, 0.25) is 0 Å². The molecule has 1 N–H and O–H groups in total. The zero-order valence-electron chi connectivity index (χ0n) is 17.2. The van der Waals surface area contributed by atoms with Gasteiger partial charge in [-0.3, -0.25) is 9.69 Å². The molecule has 1 amide bonds. The van der Waals surface area contributed by atoms with Crippen LogP contribution in [0.1, 0.15) is 34.8 Å². The van der Waals surface area contributed by atoms with Crippen molar-refractivity contribution in [1.82, 2.24) is 14.8 Å². The fraction of sp³-hybridized carbons (Fsp3) is 0.333. The minimum atomic E-state index is -0.400. The molecule has 156 valence electrons. The first-order valence-electron chi connectivity index (χ1n) is 10.4. The van der Waals surface area contributed by atoms with E-state index in [1.165, 1.54) is 25.5 Å². The van der Waals surface area contributed by atoms with E-state index in [9.17, 15) is 9.59 Å².